The van der Waals surface area contributed by atoms with Crippen LogP contribution in [0.4, 0.5) is 0 Å². The van der Waals surface area contributed by atoms with Gasteiger partial charge in [-0.3, -0.25) is 0 Å². The average Bonchev–Trinajstić information content (AvgIpc) is 3.20. The maximum atomic E-state index is 6.37. The van der Waals surface area contributed by atoms with Gasteiger partial charge in [0, 0.05) is 0 Å². The third-order valence-corrected chi connectivity index (χ3v) is 5.45. The van der Waals surface area contributed by atoms with Gasteiger partial charge in [0.05, 0.1) is 0 Å². The van der Waals surface area contributed by atoms with Crippen LogP contribution in [0.3, 0.4) is 0 Å². The van der Waals surface area contributed by atoms with Crippen LogP contribution in [0.15, 0.2) is 96.1 Å². The molecular formula is C28H34O2. The molecule has 3 rings (SSSR count). The molecule has 0 saturated carbocycles. The monoisotopic (exact) mass is 402 g/mol. The molecule has 0 N–H and O–H groups in total. The van der Waals surface area contributed by atoms with Gasteiger partial charge in [-0.2, -0.15) is 0 Å². The molecule has 30 heavy (non-hydrogen) atoms. The van der Waals surface area contributed by atoms with Crippen molar-refractivity contribution in [3.05, 3.63) is 107 Å². The predicted octanol–water partition coefficient (Wildman–Crippen LogP) is 7.87. The van der Waals surface area contributed by atoms with E-state index in [4.69, 9.17) is 9.47 Å². The van der Waals surface area contributed by atoms with E-state index in [9.17, 15) is 0 Å². The molecule has 158 valence electrons. The summed E-state index contributed by atoms with van der Waals surface area (Å²) in [6.07, 6.45) is 8.04. The predicted molar refractivity (Wildman–Crippen MR) is 125 cm³/mol. The molecule has 2 nitrogen and oxygen atoms in total. The van der Waals surface area contributed by atoms with E-state index < -0.39 is 0 Å². The molecule has 0 aromatic heterocycles. The Hall–Kier alpha value is -2.42. The van der Waals surface area contributed by atoms with Crippen LogP contribution in [0.5, 0.6) is 0 Å². The topological polar surface area (TPSA) is 18.5 Å². The van der Waals surface area contributed by atoms with Crippen molar-refractivity contribution in [1.82, 2.24) is 0 Å². The fourth-order valence-electron chi connectivity index (χ4n) is 3.74. The van der Waals surface area contributed by atoms with Gasteiger partial charge in [0.1, 0.15) is 12.2 Å². The lowest BCUT2D eigenvalue weighted by Gasteiger charge is -2.17. The van der Waals surface area contributed by atoms with Gasteiger partial charge in [-0.05, 0) is 63.2 Å². The van der Waals surface area contributed by atoms with Crippen molar-refractivity contribution in [2.24, 2.45) is 0 Å². The lowest BCUT2D eigenvalue weighted by atomic mass is 9.99. The molecule has 2 aromatic rings. The molecule has 1 aliphatic heterocycles. The minimum Gasteiger partial charge on any atom is -0.338 e. The Morgan fingerprint density at radius 2 is 1.27 bits per heavy atom. The minimum absolute atomic E-state index is 0.128. The summed E-state index contributed by atoms with van der Waals surface area (Å²) in [7, 11) is 0. The van der Waals surface area contributed by atoms with E-state index in [2.05, 4.69) is 63.8 Å². The highest BCUT2D eigenvalue weighted by Gasteiger charge is 2.38. The largest absolute Gasteiger partial charge is 0.338 e. The summed E-state index contributed by atoms with van der Waals surface area (Å²) in [5, 5.41) is 0. The number of hydrogen-bond acceptors (Lipinski definition) is 2. The maximum Gasteiger partial charge on any atom is 0.181 e. The summed E-state index contributed by atoms with van der Waals surface area (Å²) in [6, 6.07) is 20.7. The van der Waals surface area contributed by atoms with Crippen LogP contribution in [0.1, 0.15) is 69.8 Å². The molecule has 2 atom stereocenters. The van der Waals surface area contributed by atoms with Crippen LogP contribution >= 0.6 is 0 Å². The van der Waals surface area contributed by atoms with Gasteiger partial charge in [0.2, 0.25) is 0 Å². The smallest absolute Gasteiger partial charge is 0.181 e. The van der Waals surface area contributed by atoms with E-state index in [1.807, 2.05) is 36.4 Å². The summed E-state index contributed by atoms with van der Waals surface area (Å²) < 4.78 is 12.7. The first kappa shape index (κ1) is 22.3. The average molecular weight is 403 g/mol. The highest BCUT2D eigenvalue weighted by molar-refractivity contribution is 5.27. The molecule has 0 spiro atoms. The van der Waals surface area contributed by atoms with Crippen molar-refractivity contribution in [2.45, 2.75) is 65.0 Å². The van der Waals surface area contributed by atoms with E-state index in [1.54, 1.807) is 0 Å². The van der Waals surface area contributed by atoms with Crippen molar-refractivity contribution in [1.29, 1.82) is 0 Å². The van der Waals surface area contributed by atoms with E-state index in [0.29, 0.717) is 0 Å². The molecule has 1 fully saturated rings. The second-order valence-electron chi connectivity index (χ2n) is 8.33. The van der Waals surface area contributed by atoms with E-state index in [-0.39, 0.29) is 18.5 Å². The summed E-state index contributed by atoms with van der Waals surface area (Å²) in [4.78, 5) is 0. The van der Waals surface area contributed by atoms with Gasteiger partial charge >= 0.3 is 0 Å². The number of allylic oxidation sites excluding steroid dienone is 4. The lowest BCUT2D eigenvalue weighted by molar-refractivity contribution is -0.0396. The highest BCUT2D eigenvalue weighted by atomic mass is 16.7. The second-order valence-corrected chi connectivity index (χ2v) is 8.33. The third kappa shape index (κ3) is 6.29. The van der Waals surface area contributed by atoms with Gasteiger partial charge in [-0.1, -0.05) is 90.5 Å². The van der Waals surface area contributed by atoms with Crippen molar-refractivity contribution in [2.75, 3.05) is 0 Å². The molecule has 1 aliphatic rings. The standard InChI is InChI=1S/C28H34O2/c1-21(2)13-11-14-22(3)15-12-16-23(4)28-29-26(24-17-7-5-8-18-24)27(30-28)25-19-9-6-10-20-25/h5-10,13,15,17-20,26-28H,4,11-12,14,16H2,1-3H3/t26-,27-/m1/s1. The molecule has 0 aliphatic carbocycles. The second kappa shape index (κ2) is 11.1. The summed E-state index contributed by atoms with van der Waals surface area (Å²) in [5.41, 5.74) is 6.08. The van der Waals surface area contributed by atoms with Crippen LogP contribution < -0.4 is 0 Å². The SMILES string of the molecule is C=C(CCC=C(C)CCC=C(C)C)C1O[C@H](c2ccccc2)[C@@H](c2ccccc2)O1. The van der Waals surface area contributed by atoms with Gasteiger partial charge in [-0.25, -0.2) is 0 Å². The van der Waals surface area contributed by atoms with Crippen LogP contribution in [0.2, 0.25) is 0 Å². The Kier molecular flexibility index (Phi) is 8.24. The summed E-state index contributed by atoms with van der Waals surface area (Å²) in [5.74, 6) is 0. The molecule has 0 unspecified atom stereocenters. The van der Waals surface area contributed by atoms with Gasteiger partial charge < -0.3 is 9.47 Å². The Morgan fingerprint density at radius 3 is 1.77 bits per heavy atom. The summed E-state index contributed by atoms with van der Waals surface area (Å²) in [6.45, 7) is 10.8. The Balaban J connectivity index is 1.62. The molecule has 0 bridgehead atoms. The van der Waals surface area contributed by atoms with Gasteiger partial charge in [-0.15, -0.1) is 0 Å². The summed E-state index contributed by atoms with van der Waals surface area (Å²) >= 11 is 0. The first-order valence-corrected chi connectivity index (χ1v) is 10.9. The lowest BCUT2D eigenvalue weighted by Crippen LogP contribution is -2.11. The quantitative estimate of drug-likeness (QED) is 0.397. The van der Waals surface area contributed by atoms with Crippen molar-refractivity contribution in [3.8, 4) is 0 Å². The van der Waals surface area contributed by atoms with Crippen LogP contribution in [-0.2, 0) is 9.47 Å². The van der Waals surface area contributed by atoms with Crippen molar-refractivity contribution < 1.29 is 9.47 Å². The Labute approximate surface area is 181 Å². The molecule has 0 radical (unpaired) electrons. The zero-order valence-corrected chi connectivity index (χ0v) is 18.5. The van der Waals surface area contributed by atoms with E-state index in [1.165, 1.54) is 11.1 Å². The number of hydrogen-bond donors (Lipinski definition) is 0. The van der Waals surface area contributed by atoms with E-state index in [0.717, 1.165) is 42.4 Å². The van der Waals surface area contributed by atoms with Crippen LogP contribution in [-0.4, -0.2) is 6.29 Å². The normalized spacial score (nSPS) is 19.6. The van der Waals surface area contributed by atoms with Crippen molar-refractivity contribution in [3.63, 3.8) is 0 Å². The highest BCUT2D eigenvalue weighted by Crippen LogP contribution is 2.44. The zero-order chi connectivity index (χ0) is 21.3. The molecule has 1 saturated heterocycles. The Bertz CT molecular complexity index is 813. The first-order valence-electron chi connectivity index (χ1n) is 10.9. The molecule has 2 aromatic carbocycles. The van der Waals surface area contributed by atoms with Gasteiger partial charge in [0.25, 0.3) is 0 Å². The van der Waals surface area contributed by atoms with E-state index >= 15 is 0 Å². The zero-order valence-electron chi connectivity index (χ0n) is 18.5. The first-order chi connectivity index (χ1) is 14.5. The number of rotatable bonds is 9. The fourth-order valence-corrected chi connectivity index (χ4v) is 3.74. The Morgan fingerprint density at radius 1 is 0.767 bits per heavy atom. The molecule has 1 heterocycles. The van der Waals surface area contributed by atoms with Gasteiger partial charge in [0.15, 0.2) is 6.29 Å². The van der Waals surface area contributed by atoms with Crippen LogP contribution in [0.25, 0.3) is 0 Å². The molecular weight excluding hydrogens is 368 g/mol. The molecule has 0 amide bonds. The molecule has 2 heteroatoms. The fraction of sp³-hybridized carbons (Fsp3) is 0.357. The third-order valence-electron chi connectivity index (χ3n) is 5.45. The number of benzene rings is 2. The minimum atomic E-state index is -0.375. The van der Waals surface area contributed by atoms with Crippen LogP contribution in [0, 0.1) is 0 Å². The maximum absolute atomic E-state index is 6.37. The number of ether oxygens (including phenoxy) is 2. The van der Waals surface area contributed by atoms with Crippen molar-refractivity contribution >= 4 is 0 Å².